The third kappa shape index (κ3) is 1.01. The summed E-state index contributed by atoms with van der Waals surface area (Å²) in [5, 5.41) is 11.6. The minimum absolute atomic E-state index is 0.418. The molecule has 3 heteroatoms. The fourth-order valence-electron chi connectivity index (χ4n) is 1.32. The Hall–Kier alpha value is -0.570. The molecule has 0 aromatic heterocycles. The standard InChI is InChI=1S/C7H13NO2/c1-3-5-4-7(2,8-5)6(9)10/h5,8H,3-4H2,1-2H3,(H,9,10). The van der Waals surface area contributed by atoms with Gasteiger partial charge >= 0.3 is 5.97 Å². The summed E-state index contributed by atoms with van der Waals surface area (Å²) in [6.45, 7) is 3.78. The minimum atomic E-state index is -0.739. The molecule has 1 rings (SSSR count). The number of carboxylic acid groups (broad SMARTS) is 1. The summed E-state index contributed by atoms with van der Waals surface area (Å²) < 4.78 is 0. The Balaban J connectivity index is 2.42. The second-order valence-electron chi connectivity index (χ2n) is 3.09. The molecule has 3 nitrogen and oxygen atoms in total. The summed E-state index contributed by atoms with van der Waals surface area (Å²) in [6, 6.07) is 0.418. The van der Waals surface area contributed by atoms with E-state index < -0.39 is 11.5 Å². The molecule has 0 bridgehead atoms. The molecule has 0 aliphatic carbocycles. The van der Waals surface area contributed by atoms with Crippen molar-refractivity contribution < 1.29 is 9.90 Å². The first-order valence-electron chi connectivity index (χ1n) is 3.59. The highest BCUT2D eigenvalue weighted by molar-refractivity contribution is 5.79. The molecule has 1 saturated heterocycles. The summed E-state index contributed by atoms with van der Waals surface area (Å²) >= 11 is 0. The monoisotopic (exact) mass is 143 g/mol. The highest BCUT2D eigenvalue weighted by Crippen LogP contribution is 2.25. The number of hydrogen-bond donors (Lipinski definition) is 2. The van der Waals surface area contributed by atoms with Gasteiger partial charge in [0.1, 0.15) is 5.54 Å². The van der Waals surface area contributed by atoms with Crippen molar-refractivity contribution in [1.82, 2.24) is 5.32 Å². The summed E-state index contributed by atoms with van der Waals surface area (Å²) in [5.41, 5.74) is -0.638. The molecule has 1 heterocycles. The van der Waals surface area contributed by atoms with Crippen LogP contribution in [-0.4, -0.2) is 22.7 Å². The Morgan fingerprint density at radius 3 is 2.70 bits per heavy atom. The molecule has 0 aromatic carbocycles. The fraction of sp³-hybridized carbons (Fsp3) is 0.857. The molecule has 0 spiro atoms. The van der Waals surface area contributed by atoms with Gasteiger partial charge in [0.25, 0.3) is 0 Å². The van der Waals surface area contributed by atoms with Crippen LogP contribution in [-0.2, 0) is 4.79 Å². The summed E-state index contributed by atoms with van der Waals surface area (Å²) in [6.07, 6.45) is 1.78. The number of aliphatic carboxylic acids is 1. The zero-order chi connectivity index (χ0) is 7.78. The topological polar surface area (TPSA) is 49.3 Å². The van der Waals surface area contributed by atoms with Crippen LogP contribution in [0, 0.1) is 0 Å². The van der Waals surface area contributed by atoms with Crippen LogP contribution in [0.1, 0.15) is 26.7 Å². The smallest absolute Gasteiger partial charge is 0.323 e. The Kier molecular flexibility index (Phi) is 1.68. The van der Waals surface area contributed by atoms with Crippen molar-refractivity contribution >= 4 is 5.97 Å². The Labute approximate surface area is 60.4 Å². The van der Waals surface area contributed by atoms with Gasteiger partial charge in [-0.3, -0.25) is 10.1 Å². The van der Waals surface area contributed by atoms with E-state index in [9.17, 15) is 4.79 Å². The van der Waals surface area contributed by atoms with Crippen molar-refractivity contribution in [2.24, 2.45) is 0 Å². The van der Waals surface area contributed by atoms with Crippen LogP contribution in [0.4, 0.5) is 0 Å². The number of carboxylic acids is 1. The average Bonchev–Trinajstić information content (AvgIpc) is 1.80. The highest BCUT2D eigenvalue weighted by Gasteiger charge is 2.44. The van der Waals surface area contributed by atoms with E-state index in [-0.39, 0.29) is 0 Å². The molecule has 58 valence electrons. The second-order valence-corrected chi connectivity index (χ2v) is 3.09. The third-order valence-electron chi connectivity index (χ3n) is 2.14. The van der Waals surface area contributed by atoms with E-state index in [0.717, 1.165) is 12.8 Å². The normalized spacial score (nSPS) is 38.8. The van der Waals surface area contributed by atoms with E-state index in [4.69, 9.17) is 5.11 Å². The third-order valence-corrected chi connectivity index (χ3v) is 2.14. The number of hydrogen-bond acceptors (Lipinski definition) is 2. The van der Waals surface area contributed by atoms with E-state index in [2.05, 4.69) is 12.2 Å². The van der Waals surface area contributed by atoms with Gasteiger partial charge in [-0.2, -0.15) is 0 Å². The van der Waals surface area contributed by atoms with Crippen LogP contribution < -0.4 is 5.32 Å². The average molecular weight is 143 g/mol. The number of nitrogens with one attached hydrogen (secondary N) is 1. The molecule has 0 amide bonds. The van der Waals surface area contributed by atoms with Crippen LogP contribution >= 0.6 is 0 Å². The maximum absolute atomic E-state index is 10.5. The lowest BCUT2D eigenvalue weighted by molar-refractivity contribution is -0.149. The summed E-state index contributed by atoms with van der Waals surface area (Å²) in [7, 11) is 0. The Morgan fingerprint density at radius 1 is 1.90 bits per heavy atom. The van der Waals surface area contributed by atoms with Crippen molar-refractivity contribution in [1.29, 1.82) is 0 Å². The fourth-order valence-corrected chi connectivity index (χ4v) is 1.32. The van der Waals surface area contributed by atoms with E-state index in [0.29, 0.717) is 6.04 Å². The molecular weight excluding hydrogens is 130 g/mol. The maximum atomic E-state index is 10.5. The van der Waals surface area contributed by atoms with Crippen LogP contribution in [0.25, 0.3) is 0 Å². The van der Waals surface area contributed by atoms with Gasteiger partial charge in [0, 0.05) is 6.04 Å². The molecule has 0 radical (unpaired) electrons. The van der Waals surface area contributed by atoms with E-state index in [1.165, 1.54) is 0 Å². The van der Waals surface area contributed by atoms with E-state index >= 15 is 0 Å². The SMILES string of the molecule is CCC1CC(C)(C(=O)O)N1. The minimum Gasteiger partial charge on any atom is -0.480 e. The molecule has 2 atom stereocenters. The van der Waals surface area contributed by atoms with Crippen LogP contribution in [0.5, 0.6) is 0 Å². The van der Waals surface area contributed by atoms with Gasteiger partial charge in [0.15, 0.2) is 0 Å². The lowest BCUT2D eigenvalue weighted by atomic mass is 9.82. The molecule has 1 fully saturated rings. The molecule has 0 saturated carbocycles. The quantitative estimate of drug-likeness (QED) is 0.595. The predicted octanol–water partition coefficient (Wildman–Crippen LogP) is 0.602. The van der Waals surface area contributed by atoms with Crippen LogP contribution in [0.2, 0.25) is 0 Å². The lowest BCUT2D eigenvalue weighted by Crippen LogP contribution is -2.65. The largest absolute Gasteiger partial charge is 0.480 e. The van der Waals surface area contributed by atoms with Crippen molar-refractivity contribution in [2.75, 3.05) is 0 Å². The Bertz CT molecular complexity index is 150. The zero-order valence-corrected chi connectivity index (χ0v) is 6.35. The molecule has 10 heavy (non-hydrogen) atoms. The van der Waals surface area contributed by atoms with Crippen LogP contribution in [0.3, 0.4) is 0 Å². The van der Waals surface area contributed by atoms with Gasteiger partial charge in [-0.1, -0.05) is 6.92 Å². The van der Waals surface area contributed by atoms with Gasteiger partial charge in [-0.05, 0) is 19.8 Å². The summed E-state index contributed by atoms with van der Waals surface area (Å²) in [5.74, 6) is -0.739. The van der Waals surface area contributed by atoms with E-state index in [1.807, 2.05) is 0 Å². The molecule has 1 aliphatic rings. The van der Waals surface area contributed by atoms with Gasteiger partial charge in [0.05, 0.1) is 0 Å². The van der Waals surface area contributed by atoms with Gasteiger partial charge < -0.3 is 5.11 Å². The summed E-state index contributed by atoms with van der Waals surface area (Å²) in [4.78, 5) is 10.5. The van der Waals surface area contributed by atoms with Crippen molar-refractivity contribution in [3.8, 4) is 0 Å². The molecule has 0 aromatic rings. The van der Waals surface area contributed by atoms with Crippen molar-refractivity contribution in [3.63, 3.8) is 0 Å². The first kappa shape index (κ1) is 7.54. The molecular formula is C7H13NO2. The Morgan fingerprint density at radius 2 is 2.40 bits per heavy atom. The first-order chi connectivity index (χ1) is 4.58. The van der Waals surface area contributed by atoms with Gasteiger partial charge in [0.2, 0.25) is 0 Å². The van der Waals surface area contributed by atoms with Crippen molar-refractivity contribution in [3.05, 3.63) is 0 Å². The van der Waals surface area contributed by atoms with Gasteiger partial charge in [-0.25, -0.2) is 0 Å². The van der Waals surface area contributed by atoms with Crippen LogP contribution in [0.15, 0.2) is 0 Å². The second kappa shape index (κ2) is 2.23. The predicted molar refractivity (Wildman–Crippen MR) is 37.9 cm³/mol. The number of rotatable bonds is 2. The lowest BCUT2D eigenvalue weighted by Gasteiger charge is -2.43. The molecule has 2 N–H and O–H groups in total. The maximum Gasteiger partial charge on any atom is 0.323 e. The number of carbonyl (C=O) groups is 1. The van der Waals surface area contributed by atoms with Gasteiger partial charge in [-0.15, -0.1) is 0 Å². The van der Waals surface area contributed by atoms with Crippen molar-refractivity contribution in [2.45, 2.75) is 38.3 Å². The van der Waals surface area contributed by atoms with E-state index in [1.54, 1.807) is 6.92 Å². The molecule has 2 unspecified atom stereocenters. The first-order valence-corrected chi connectivity index (χ1v) is 3.59. The highest BCUT2D eigenvalue weighted by atomic mass is 16.4. The molecule has 1 aliphatic heterocycles. The zero-order valence-electron chi connectivity index (χ0n) is 6.35.